The molecule has 0 heterocycles. The highest BCUT2D eigenvalue weighted by atomic mass is 32.2. The van der Waals surface area contributed by atoms with E-state index in [-0.39, 0.29) is 0 Å². The van der Waals surface area contributed by atoms with Crippen LogP contribution >= 0.6 is 11.8 Å². The molecule has 0 aliphatic heterocycles. The molecule has 1 aliphatic rings. The van der Waals surface area contributed by atoms with Gasteiger partial charge in [0.1, 0.15) is 11.6 Å². The van der Waals surface area contributed by atoms with E-state index in [1.807, 2.05) is 6.92 Å². The van der Waals surface area contributed by atoms with Gasteiger partial charge in [-0.3, -0.25) is 0 Å². The summed E-state index contributed by atoms with van der Waals surface area (Å²) in [6, 6.07) is 4.40. The molecule has 0 bridgehead atoms. The molecular weight excluding hydrogens is 228 g/mol. The quantitative estimate of drug-likeness (QED) is 0.797. The van der Waals surface area contributed by atoms with Crippen molar-refractivity contribution < 1.29 is 8.78 Å². The number of hydrogen-bond donors (Lipinski definition) is 1. The zero-order valence-electron chi connectivity index (χ0n) is 9.17. The van der Waals surface area contributed by atoms with Crippen molar-refractivity contribution in [2.75, 3.05) is 6.54 Å². The van der Waals surface area contributed by atoms with Crippen LogP contribution in [0.25, 0.3) is 0 Å². The van der Waals surface area contributed by atoms with Crippen LogP contribution in [-0.2, 0) is 0 Å². The van der Waals surface area contributed by atoms with Crippen LogP contribution in [-0.4, -0.2) is 17.8 Å². The minimum absolute atomic E-state index is 0.292. The second-order valence-electron chi connectivity index (χ2n) is 4.19. The summed E-state index contributed by atoms with van der Waals surface area (Å²) in [6.45, 7) is 2.91. The molecule has 0 radical (unpaired) electrons. The van der Waals surface area contributed by atoms with E-state index in [0.29, 0.717) is 16.2 Å². The van der Waals surface area contributed by atoms with Crippen molar-refractivity contribution in [1.29, 1.82) is 0 Å². The maximum absolute atomic E-state index is 13.3. The maximum Gasteiger partial charge on any atom is 0.139 e. The van der Waals surface area contributed by atoms with Gasteiger partial charge in [-0.05, 0) is 25.0 Å². The third kappa shape index (κ3) is 3.46. The van der Waals surface area contributed by atoms with Crippen LogP contribution in [0.15, 0.2) is 23.1 Å². The van der Waals surface area contributed by atoms with Crippen LogP contribution in [0.2, 0.25) is 0 Å². The van der Waals surface area contributed by atoms with Crippen LogP contribution in [0.1, 0.15) is 19.8 Å². The van der Waals surface area contributed by atoms with Crippen molar-refractivity contribution in [3.05, 3.63) is 29.8 Å². The molecule has 1 aliphatic carbocycles. The minimum Gasteiger partial charge on any atom is -0.313 e. The molecule has 0 saturated heterocycles. The lowest BCUT2D eigenvalue weighted by atomic mass is 10.3. The van der Waals surface area contributed by atoms with E-state index in [2.05, 4.69) is 5.32 Å². The van der Waals surface area contributed by atoms with Gasteiger partial charge >= 0.3 is 0 Å². The summed E-state index contributed by atoms with van der Waals surface area (Å²) in [5.41, 5.74) is 0. The molecule has 1 aromatic rings. The Labute approximate surface area is 98.6 Å². The average molecular weight is 243 g/mol. The van der Waals surface area contributed by atoms with Crippen LogP contribution < -0.4 is 5.32 Å². The third-order valence-corrected chi connectivity index (χ3v) is 3.65. The first-order chi connectivity index (χ1) is 7.65. The van der Waals surface area contributed by atoms with Gasteiger partial charge in [0, 0.05) is 28.8 Å². The Morgan fingerprint density at radius 1 is 1.44 bits per heavy atom. The van der Waals surface area contributed by atoms with E-state index < -0.39 is 11.6 Å². The van der Waals surface area contributed by atoms with Crippen LogP contribution in [0.5, 0.6) is 0 Å². The zero-order chi connectivity index (χ0) is 11.5. The maximum atomic E-state index is 13.3. The lowest BCUT2D eigenvalue weighted by Crippen LogP contribution is -2.24. The first kappa shape index (κ1) is 11.9. The van der Waals surface area contributed by atoms with Gasteiger partial charge in [0.2, 0.25) is 0 Å². The van der Waals surface area contributed by atoms with E-state index >= 15 is 0 Å². The normalized spacial score (nSPS) is 17.4. The molecule has 1 atom stereocenters. The van der Waals surface area contributed by atoms with E-state index in [1.54, 1.807) is 0 Å². The first-order valence-electron chi connectivity index (χ1n) is 5.50. The van der Waals surface area contributed by atoms with Crippen LogP contribution in [0, 0.1) is 11.6 Å². The smallest absolute Gasteiger partial charge is 0.139 e. The monoisotopic (exact) mass is 243 g/mol. The molecule has 2 rings (SSSR count). The number of rotatable bonds is 5. The van der Waals surface area contributed by atoms with Crippen molar-refractivity contribution in [1.82, 2.24) is 5.32 Å². The average Bonchev–Trinajstić information content (AvgIpc) is 3.03. The van der Waals surface area contributed by atoms with E-state index in [4.69, 9.17) is 0 Å². The second kappa shape index (κ2) is 5.15. The van der Waals surface area contributed by atoms with Gasteiger partial charge < -0.3 is 5.32 Å². The predicted octanol–water partition coefficient (Wildman–Crippen LogP) is 3.20. The van der Waals surface area contributed by atoms with Gasteiger partial charge in [-0.25, -0.2) is 8.78 Å². The predicted molar refractivity (Wildman–Crippen MR) is 62.7 cm³/mol. The summed E-state index contributed by atoms with van der Waals surface area (Å²) < 4.78 is 26.0. The fourth-order valence-corrected chi connectivity index (χ4v) is 2.38. The highest BCUT2D eigenvalue weighted by molar-refractivity contribution is 8.00. The number of hydrogen-bond acceptors (Lipinski definition) is 2. The Morgan fingerprint density at radius 2 is 2.19 bits per heavy atom. The highest BCUT2D eigenvalue weighted by Gasteiger charge is 2.21. The van der Waals surface area contributed by atoms with Gasteiger partial charge in [-0.2, -0.15) is 0 Å². The molecule has 16 heavy (non-hydrogen) atoms. The van der Waals surface area contributed by atoms with Crippen molar-refractivity contribution >= 4 is 11.8 Å². The second-order valence-corrected chi connectivity index (χ2v) is 5.67. The Kier molecular flexibility index (Phi) is 3.82. The molecule has 0 aromatic heterocycles. The van der Waals surface area contributed by atoms with Gasteiger partial charge in [-0.1, -0.05) is 6.92 Å². The molecule has 1 nitrogen and oxygen atoms in total. The Hall–Kier alpha value is -0.610. The molecule has 4 heteroatoms. The van der Waals surface area contributed by atoms with Crippen molar-refractivity contribution in [2.45, 2.75) is 36.0 Å². The standard InChI is InChI=1S/C12H15F2NS/c1-8(7-15-10-3-4-10)16-12-5-2-9(13)6-11(12)14/h2,5-6,8,10,15H,3-4,7H2,1H3. The summed E-state index contributed by atoms with van der Waals surface area (Å²) in [7, 11) is 0. The summed E-state index contributed by atoms with van der Waals surface area (Å²) >= 11 is 1.44. The third-order valence-electron chi connectivity index (χ3n) is 2.49. The lowest BCUT2D eigenvalue weighted by Gasteiger charge is -2.12. The molecule has 0 spiro atoms. The first-order valence-corrected chi connectivity index (χ1v) is 6.38. The number of halogens is 2. The molecule has 0 amide bonds. The molecule has 1 aromatic carbocycles. The number of thioether (sulfide) groups is 1. The van der Waals surface area contributed by atoms with Crippen molar-refractivity contribution in [2.24, 2.45) is 0 Å². The van der Waals surface area contributed by atoms with E-state index in [1.165, 1.54) is 36.7 Å². The lowest BCUT2D eigenvalue weighted by molar-refractivity contribution is 0.565. The van der Waals surface area contributed by atoms with E-state index in [9.17, 15) is 8.78 Å². The SMILES string of the molecule is CC(CNC1CC1)Sc1ccc(F)cc1F. The van der Waals surface area contributed by atoms with Gasteiger partial charge in [0.25, 0.3) is 0 Å². The summed E-state index contributed by atoms with van der Waals surface area (Å²) in [6.07, 6.45) is 2.50. The molecule has 1 N–H and O–H groups in total. The van der Waals surface area contributed by atoms with Gasteiger partial charge in [-0.15, -0.1) is 11.8 Å². The van der Waals surface area contributed by atoms with Crippen molar-refractivity contribution in [3.8, 4) is 0 Å². The summed E-state index contributed by atoms with van der Waals surface area (Å²) in [5.74, 6) is -0.992. The largest absolute Gasteiger partial charge is 0.313 e. The summed E-state index contributed by atoms with van der Waals surface area (Å²) in [5, 5.41) is 3.68. The zero-order valence-corrected chi connectivity index (χ0v) is 9.99. The topological polar surface area (TPSA) is 12.0 Å². The molecule has 88 valence electrons. The molecule has 1 saturated carbocycles. The Morgan fingerprint density at radius 3 is 2.81 bits per heavy atom. The van der Waals surface area contributed by atoms with Crippen LogP contribution in [0.4, 0.5) is 8.78 Å². The molecular formula is C12H15F2NS. The Balaban J connectivity index is 1.86. The number of benzene rings is 1. The van der Waals surface area contributed by atoms with Gasteiger partial charge in [0.15, 0.2) is 0 Å². The fourth-order valence-electron chi connectivity index (χ4n) is 1.45. The van der Waals surface area contributed by atoms with E-state index in [0.717, 1.165) is 12.6 Å². The van der Waals surface area contributed by atoms with Gasteiger partial charge in [0.05, 0.1) is 0 Å². The molecule has 1 unspecified atom stereocenters. The minimum atomic E-state index is -0.523. The Bertz CT molecular complexity index is 366. The highest BCUT2D eigenvalue weighted by Crippen LogP contribution is 2.27. The fraction of sp³-hybridized carbons (Fsp3) is 0.500. The van der Waals surface area contributed by atoms with Crippen LogP contribution in [0.3, 0.4) is 0 Å². The summed E-state index contributed by atoms with van der Waals surface area (Å²) in [4.78, 5) is 0.520. The number of nitrogens with one attached hydrogen (secondary N) is 1. The molecule has 1 fully saturated rings. The van der Waals surface area contributed by atoms with Crippen molar-refractivity contribution in [3.63, 3.8) is 0 Å².